The molecule has 1 aromatic heterocycles. The second-order valence-electron chi connectivity index (χ2n) is 6.66. The number of aromatic amines is 1. The fraction of sp³-hybridized carbons (Fsp3) is 0.0870. The zero-order valence-corrected chi connectivity index (χ0v) is 19.4. The summed E-state index contributed by atoms with van der Waals surface area (Å²) in [4.78, 5) is 7.70. The van der Waals surface area contributed by atoms with Gasteiger partial charge in [0.2, 0.25) is 0 Å². The van der Waals surface area contributed by atoms with Crippen LogP contribution in [0.4, 0.5) is 4.39 Å². The zero-order valence-electron chi connectivity index (χ0n) is 16.3. The Morgan fingerprint density at radius 1 is 1.03 bits per heavy atom. The van der Waals surface area contributed by atoms with Crippen molar-refractivity contribution in [1.29, 1.82) is 0 Å². The Balaban J connectivity index is 1.55. The minimum absolute atomic E-state index is 0.104. The summed E-state index contributed by atoms with van der Waals surface area (Å²) < 4.78 is 26.0. The maximum atomic E-state index is 14.0. The van der Waals surface area contributed by atoms with Crippen LogP contribution in [0, 0.1) is 5.82 Å². The molecule has 31 heavy (non-hydrogen) atoms. The third-order valence-electron chi connectivity index (χ3n) is 4.64. The molecule has 0 aliphatic heterocycles. The van der Waals surface area contributed by atoms with Gasteiger partial charge < -0.3 is 14.5 Å². The van der Waals surface area contributed by atoms with Gasteiger partial charge in [0.25, 0.3) is 0 Å². The first-order chi connectivity index (χ1) is 14.9. The van der Waals surface area contributed by atoms with Crippen molar-refractivity contribution in [3.05, 3.63) is 86.7 Å². The van der Waals surface area contributed by atoms with E-state index < -0.39 is 0 Å². The van der Waals surface area contributed by atoms with E-state index in [1.165, 1.54) is 6.07 Å². The van der Waals surface area contributed by atoms with Crippen LogP contribution in [-0.2, 0) is 6.61 Å². The van der Waals surface area contributed by atoms with Crippen LogP contribution in [-0.4, -0.2) is 17.1 Å². The molecule has 0 saturated heterocycles. The Bertz CT molecular complexity index is 1250. The van der Waals surface area contributed by atoms with Crippen LogP contribution in [0.15, 0.2) is 65.3 Å². The third-order valence-corrected chi connectivity index (χ3v) is 5.87. The molecule has 0 bridgehead atoms. The number of imidazole rings is 1. The molecule has 0 amide bonds. The van der Waals surface area contributed by atoms with Crippen LogP contribution in [0.25, 0.3) is 22.6 Å². The van der Waals surface area contributed by atoms with E-state index in [9.17, 15) is 4.39 Å². The Morgan fingerprint density at radius 2 is 1.87 bits per heavy atom. The molecule has 0 radical (unpaired) electrons. The van der Waals surface area contributed by atoms with Crippen molar-refractivity contribution in [2.75, 3.05) is 7.11 Å². The molecule has 0 fully saturated rings. The maximum Gasteiger partial charge on any atom is 0.137 e. The summed E-state index contributed by atoms with van der Waals surface area (Å²) in [6, 6.07) is 15.6. The van der Waals surface area contributed by atoms with Crippen molar-refractivity contribution in [2.45, 2.75) is 6.61 Å². The van der Waals surface area contributed by atoms with Crippen molar-refractivity contribution in [3.63, 3.8) is 0 Å². The zero-order chi connectivity index (χ0) is 22.0. The molecule has 1 N–H and O–H groups in total. The van der Waals surface area contributed by atoms with Gasteiger partial charge in [-0.25, -0.2) is 9.37 Å². The Morgan fingerprint density at radius 3 is 2.61 bits per heavy atom. The first-order valence-corrected chi connectivity index (χ1v) is 10.7. The minimum Gasteiger partial charge on any atom is -0.496 e. The number of benzene rings is 3. The summed E-state index contributed by atoms with van der Waals surface area (Å²) in [5.74, 6) is 1.48. The van der Waals surface area contributed by atoms with E-state index in [4.69, 9.17) is 32.7 Å². The second-order valence-corrected chi connectivity index (χ2v) is 8.39. The van der Waals surface area contributed by atoms with E-state index in [1.807, 2.05) is 12.1 Å². The Hall–Kier alpha value is -2.54. The molecule has 0 saturated carbocycles. The van der Waals surface area contributed by atoms with E-state index in [0.29, 0.717) is 37.4 Å². The lowest BCUT2D eigenvalue weighted by Crippen LogP contribution is -1.99. The van der Waals surface area contributed by atoms with E-state index in [2.05, 4.69) is 25.9 Å². The average molecular weight is 522 g/mol. The smallest absolute Gasteiger partial charge is 0.137 e. The highest BCUT2D eigenvalue weighted by Crippen LogP contribution is 2.34. The summed E-state index contributed by atoms with van der Waals surface area (Å²) in [6.45, 7) is 0.104. The predicted octanol–water partition coefficient (Wildman–Crippen LogP) is 7.54. The van der Waals surface area contributed by atoms with E-state index in [1.54, 1.807) is 49.7 Å². The molecule has 1 heterocycles. The van der Waals surface area contributed by atoms with Crippen molar-refractivity contribution < 1.29 is 13.9 Å². The molecule has 0 aliphatic rings. The lowest BCUT2D eigenvalue weighted by molar-refractivity contribution is 0.297. The highest BCUT2D eigenvalue weighted by molar-refractivity contribution is 9.10. The normalized spacial score (nSPS) is 10.9. The SMILES string of the molecule is COc1cc(OCc2ccc(Br)cc2F)ccc1-c1cnc(-c2ccc(Cl)c(Cl)c2)[nH]1. The summed E-state index contributed by atoms with van der Waals surface area (Å²) in [7, 11) is 1.58. The van der Waals surface area contributed by atoms with Crippen molar-refractivity contribution in [1.82, 2.24) is 9.97 Å². The third kappa shape index (κ3) is 4.87. The van der Waals surface area contributed by atoms with E-state index >= 15 is 0 Å². The van der Waals surface area contributed by atoms with Gasteiger partial charge in [0.1, 0.15) is 29.7 Å². The topological polar surface area (TPSA) is 47.1 Å². The fourth-order valence-corrected chi connectivity index (χ4v) is 3.66. The van der Waals surface area contributed by atoms with Gasteiger partial charge in [0.15, 0.2) is 0 Å². The molecule has 4 rings (SSSR count). The van der Waals surface area contributed by atoms with Gasteiger partial charge in [-0.3, -0.25) is 0 Å². The number of hydrogen-bond donors (Lipinski definition) is 1. The lowest BCUT2D eigenvalue weighted by Gasteiger charge is -2.11. The van der Waals surface area contributed by atoms with Crippen molar-refractivity contribution >= 4 is 39.1 Å². The van der Waals surface area contributed by atoms with Gasteiger partial charge in [0, 0.05) is 27.2 Å². The molecule has 4 nitrogen and oxygen atoms in total. The molecule has 0 spiro atoms. The van der Waals surface area contributed by atoms with E-state index in [-0.39, 0.29) is 12.4 Å². The molecule has 3 aromatic carbocycles. The van der Waals surface area contributed by atoms with Gasteiger partial charge in [-0.05, 0) is 42.5 Å². The average Bonchev–Trinajstić information content (AvgIpc) is 3.25. The van der Waals surface area contributed by atoms with Gasteiger partial charge in [-0.1, -0.05) is 45.2 Å². The van der Waals surface area contributed by atoms with Crippen LogP contribution >= 0.6 is 39.1 Å². The number of rotatable bonds is 6. The maximum absolute atomic E-state index is 14.0. The first-order valence-electron chi connectivity index (χ1n) is 9.20. The minimum atomic E-state index is -0.328. The van der Waals surface area contributed by atoms with Crippen LogP contribution in [0.3, 0.4) is 0 Å². The largest absolute Gasteiger partial charge is 0.496 e. The second kappa shape index (κ2) is 9.30. The number of nitrogens with zero attached hydrogens (tertiary/aromatic N) is 1. The molecular formula is C23H16BrCl2FN2O2. The Kier molecular flexibility index (Phi) is 6.51. The molecule has 0 unspecified atom stereocenters. The van der Waals surface area contributed by atoms with Crippen molar-refractivity contribution in [3.8, 4) is 34.1 Å². The first kappa shape index (κ1) is 21.7. The quantitative estimate of drug-likeness (QED) is 0.285. The van der Waals surface area contributed by atoms with Crippen LogP contribution in [0.2, 0.25) is 10.0 Å². The van der Waals surface area contributed by atoms with E-state index in [0.717, 1.165) is 16.8 Å². The van der Waals surface area contributed by atoms with Crippen LogP contribution in [0.1, 0.15) is 5.56 Å². The number of halogens is 4. The molecular weight excluding hydrogens is 506 g/mol. The predicted molar refractivity (Wildman–Crippen MR) is 124 cm³/mol. The fourth-order valence-electron chi connectivity index (χ4n) is 3.03. The van der Waals surface area contributed by atoms with Gasteiger partial charge in [-0.15, -0.1) is 0 Å². The Labute approximate surface area is 197 Å². The number of methoxy groups -OCH3 is 1. The summed E-state index contributed by atoms with van der Waals surface area (Å²) in [5.41, 5.74) is 2.86. The number of nitrogens with one attached hydrogen (secondary N) is 1. The van der Waals surface area contributed by atoms with Crippen LogP contribution < -0.4 is 9.47 Å². The summed E-state index contributed by atoms with van der Waals surface area (Å²) in [5, 5.41) is 0.941. The van der Waals surface area contributed by atoms with Crippen LogP contribution in [0.5, 0.6) is 11.5 Å². The number of hydrogen-bond acceptors (Lipinski definition) is 3. The molecule has 0 atom stereocenters. The summed E-state index contributed by atoms with van der Waals surface area (Å²) in [6.07, 6.45) is 1.72. The molecule has 8 heteroatoms. The number of aromatic nitrogens is 2. The summed E-state index contributed by atoms with van der Waals surface area (Å²) >= 11 is 15.3. The molecule has 0 aliphatic carbocycles. The number of H-pyrrole nitrogens is 1. The van der Waals surface area contributed by atoms with Gasteiger partial charge >= 0.3 is 0 Å². The lowest BCUT2D eigenvalue weighted by atomic mass is 10.1. The van der Waals surface area contributed by atoms with Gasteiger partial charge in [-0.2, -0.15) is 0 Å². The van der Waals surface area contributed by atoms with Crippen molar-refractivity contribution in [2.24, 2.45) is 0 Å². The highest BCUT2D eigenvalue weighted by atomic mass is 79.9. The molecule has 4 aromatic rings. The number of ether oxygens (including phenoxy) is 2. The monoisotopic (exact) mass is 520 g/mol. The highest BCUT2D eigenvalue weighted by Gasteiger charge is 2.13. The van der Waals surface area contributed by atoms with Gasteiger partial charge in [0.05, 0.1) is 29.0 Å². The standard InChI is InChI=1S/C23H16BrCl2FN2O2/c1-30-22-10-16(31-12-14-2-4-15(24)9-20(14)27)5-6-17(22)21-11-28-23(29-21)13-3-7-18(25)19(26)8-13/h2-11H,12H2,1H3,(H,28,29). The molecule has 158 valence electrons.